The molecule has 1 unspecified atom stereocenters. The Morgan fingerprint density at radius 1 is 0.941 bits per heavy atom. The van der Waals surface area contributed by atoms with Crippen molar-refractivity contribution in [2.75, 3.05) is 11.9 Å². The van der Waals surface area contributed by atoms with E-state index >= 15 is 0 Å². The minimum atomic E-state index is -1.14. The van der Waals surface area contributed by atoms with E-state index in [1.54, 1.807) is 54.7 Å². The number of fused-ring (bicyclic) bond motifs is 1. The van der Waals surface area contributed by atoms with Gasteiger partial charge in [0.05, 0.1) is 17.8 Å². The largest absolute Gasteiger partial charge is 0.492 e. The van der Waals surface area contributed by atoms with Gasteiger partial charge in [-0.1, -0.05) is 66.7 Å². The number of aromatic nitrogens is 1. The second-order valence-corrected chi connectivity index (χ2v) is 7.40. The maximum Gasteiger partial charge on any atom is 0.331 e. The van der Waals surface area contributed by atoms with Gasteiger partial charge in [0.1, 0.15) is 5.75 Å². The Labute approximate surface area is 197 Å². The SMILES string of the molecule is CCOc1ccccc1NC(=O)C(OC(=O)/C=C/c1cccc2cccnc12)c1ccccc1. The number of anilines is 1. The summed E-state index contributed by atoms with van der Waals surface area (Å²) in [5, 5.41) is 3.79. The molecule has 3 aromatic carbocycles. The Morgan fingerprint density at radius 2 is 1.71 bits per heavy atom. The van der Waals surface area contributed by atoms with Gasteiger partial charge in [0, 0.05) is 28.8 Å². The van der Waals surface area contributed by atoms with Crippen molar-refractivity contribution in [1.82, 2.24) is 4.98 Å². The predicted octanol–water partition coefficient (Wildman–Crippen LogP) is 5.57. The van der Waals surface area contributed by atoms with Crippen LogP contribution in [0.2, 0.25) is 0 Å². The van der Waals surface area contributed by atoms with Crippen molar-refractivity contribution in [3.05, 3.63) is 108 Å². The van der Waals surface area contributed by atoms with E-state index in [0.29, 0.717) is 23.6 Å². The minimum Gasteiger partial charge on any atom is -0.492 e. The Balaban J connectivity index is 1.55. The number of hydrogen-bond acceptors (Lipinski definition) is 5. The first-order valence-corrected chi connectivity index (χ1v) is 11.0. The van der Waals surface area contributed by atoms with E-state index in [9.17, 15) is 9.59 Å². The number of esters is 1. The Bertz CT molecular complexity index is 1310. The molecule has 0 bridgehead atoms. The molecule has 0 fully saturated rings. The van der Waals surface area contributed by atoms with Gasteiger partial charge in [0.15, 0.2) is 0 Å². The molecule has 4 aromatic rings. The molecule has 0 aliphatic carbocycles. The van der Waals surface area contributed by atoms with Crippen LogP contribution in [0.1, 0.15) is 24.2 Å². The van der Waals surface area contributed by atoms with Gasteiger partial charge in [-0.05, 0) is 31.2 Å². The van der Waals surface area contributed by atoms with Gasteiger partial charge in [0.25, 0.3) is 5.91 Å². The van der Waals surface area contributed by atoms with Gasteiger partial charge < -0.3 is 14.8 Å². The number of amides is 1. The van der Waals surface area contributed by atoms with Crippen LogP contribution in [0.25, 0.3) is 17.0 Å². The summed E-state index contributed by atoms with van der Waals surface area (Å²) in [6.45, 7) is 2.32. The molecule has 0 spiro atoms. The van der Waals surface area contributed by atoms with E-state index in [-0.39, 0.29) is 0 Å². The Hall–Kier alpha value is -4.45. The number of pyridine rings is 1. The van der Waals surface area contributed by atoms with Gasteiger partial charge >= 0.3 is 5.97 Å². The molecule has 0 saturated heterocycles. The van der Waals surface area contributed by atoms with Crippen LogP contribution in [0.4, 0.5) is 5.69 Å². The van der Waals surface area contributed by atoms with Gasteiger partial charge in [-0.3, -0.25) is 9.78 Å². The van der Waals surface area contributed by atoms with Crippen molar-refractivity contribution in [3.63, 3.8) is 0 Å². The average molecular weight is 453 g/mol. The highest BCUT2D eigenvalue weighted by atomic mass is 16.5. The molecule has 1 N–H and O–H groups in total. The fourth-order valence-electron chi connectivity index (χ4n) is 3.53. The first kappa shape index (κ1) is 22.7. The van der Waals surface area contributed by atoms with Crippen molar-refractivity contribution in [3.8, 4) is 5.75 Å². The second-order valence-electron chi connectivity index (χ2n) is 7.40. The third-order valence-corrected chi connectivity index (χ3v) is 5.08. The standard InChI is InChI=1S/C28H24N2O4/c1-2-33-24-16-7-6-15-23(24)30-28(32)27(22-10-4-3-5-11-22)34-25(31)18-17-21-13-8-12-20-14-9-19-29-26(20)21/h3-19,27H,2H2,1H3,(H,30,32)/b18-17+. The molecule has 6 nitrogen and oxygen atoms in total. The lowest BCUT2D eigenvalue weighted by molar-refractivity contribution is -0.149. The molecule has 1 heterocycles. The summed E-state index contributed by atoms with van der Waals surface area (Å²) in [5.41, 5.74) is 2.62. The highest BCUT2D eigenvalue weighted by molar-refractivity contribution is 5.99. The number of ether oxygens (including phenoxy) is 2. The predicted molar refractivity (Wildman–Crippen MR) is 132 cm³/mol. The van der Waals surface area contributed by atoms with E-state index < -0.39 is 18.0 Å². The van der Waals surface area contributed by atoms with Crippen LogP contribution in [0.3, 0.4) is 0 Å². The van der Waals surface area contributed by atoms with Crippen molar-refractivity contribution in [2.45, 2.75) is 13.0 Å². The number of hydrogen-bond donors (Lipinski definition) is 1. The topological polar surface area (TPSA) is 77.5 Å². The Kier molecular flexibility index (Phi) is 7.30. The van der Waals surface area contributed by atoms with Crippen molar-refractivity contribution in [2.24, 2.45) is 0 Å². The van der Waals surface area contributed by atoms with Gasteiger partial charge in [0.2, 0.25) is 6.10 Å². The van der Waals surface area contributed by atoms with Crippen LogP contribution in [-0.2, 0) is 14.3 Å². The van der Waals surface area contributed by atoms with Crippen LogP contribution < -0.4 is 10.1 Å². The fourth-order valence-corrected chi connectivity index (χ4v) is 3.53. The zero-order chi connectivity index (χ0) is 23.8. The molecule has 4 rings (SSSR count). The highest BCUT2D eigenvalue weighted by Crippen LogP contribution is 2.27. The molecule has 1 amide bonds. The van der Waals surface area contributed by atoms with Crippen LogP contribution in [0.5, 0.6) is 5.75 Å². The highest BCUT2D eigenvalue weighted by Gasteiger charge is 2.25. The molecule has 0 aliphatic heterocycles. The lowest BCUT2D eigenvalue weighted by atomic mass is 10.1. The third kappa shape index (κ3) is 5.48. The summed E-state index contributed by atoms with van der Waals surface area (Å²) in [6.07, 6.45) is 3.51. The van der Waals surface area contributed by atoms with E-state index in [1.165, 1.54) is 6.08 Å². The molecule has 0 radical (unpaired) electrons. The quantitative estimate of drug-likeness (QED) is 0.279. The van der Waals surface area contributed by atoms with Crippen LogP contribution in [-0.4, -0.2) is 23.5 Å². The van der Waals surface area contributed by atoms with Gasteiger partial charge in [-0.2, -0.15) is 0 Å². The first-order chi connectivity index (χ1) is 16.7. The average Bonchev–Trinajstić information content (AvgIpc) is 2.87. The summed E-state index contributed by atoms with van der Waals surface area (Å²) in [5.74, 6) is -0.582. The zero-order valence-electron chi connectivity index (χ0n) is 18.7. The summed E-state index contributed by atoms with van der Waals surface area (Å²) >= 11 is 0. The number of nitrogens with one attached hydrogen (secondary N) is 1. The maximum atomic E-state index is 13.2. The maximum absolute atomic E-state index is 13.2. The van der Waals surface area contributed by atoms with E-state index in [2.05, 4.69) is 10.3 Å². The summed E-state index contributed by atoms with van der Waals surface area (Å²) in [6, 6.07) is 25.5. The van der Waals surface area contributed by atoms with E-state index in [0.717, 1.165) is 16.5 Å². The third-order valence-electron chi connectivity index (χ3n) is 5.08. The molecule has 0 aliphatic rings. The Morgan fingerprint density at radius 3 is 2.53 bits per heavy atom. The van der Waals surface area contributed by atoms with Gasteiger partial charge in [-0.25, -0.2) is 4.79 Å². The number of para-hydroxylation sites is 3. The molecule has 1 atom stereocenters. The summed E-state index contributed by atoms with van der Waals surface area (Å²) < 4.78 is 11.2. The first-order valence-electron chi connectivity index (χ1n) is 11.0. The van der Waals surface area contributed by atoms with Crippen molar-refractivity contribution in [1.29, 1.82) is 0 Å². The van der Waals surface area contributed by atoms with Crippen LogP contribution >= 0.6 is 0 Å². The monoisotopic (exact) mass is 452 g/mol. The smallest absolute Gasteiger partial charge is 0.331 e. The fraction of sp³-hybridized carbons (Fsp3) is 0.107. The van der Waals surface area contributed by atoms with E-state index in [1.807, 2.05) is 49.4 Å². The lowest BCUT2D eigenvalue weighted by Gasteiger charge is -2.18. The molecule has 6 heteroatoms. The van der Waals surface area contributed by atoms with Crippen molar-refractivity contribution >= 4 is 34.5 Å². The minimum absolute atomic E-state index is 0.456. The number of carbonyl (C=O) groups excluding carboxylic acids is 2. The number of nitrogens with zero attached hydrogens (tertiary/aromatic N) is 1. The molecular weight excluding hydrogens is 428 g/mol. The normalized spacial score (nSPS) is 11.8. The molecule has 1 aromatic heterocycles. The number of benzene rings is 3. The summed E-state index contributed by atoms with van der Waals surface area (Å²) in [7, 11) is 0. The summed E-state index contributed by atoms with van der Waals surface area (Å²) in [4.78, 5) is 30.3. The molecular formula is C28H24N2O4. The van der Waals surface area contributed by atoms with Crippen LogP contribution in [0, 0.1) is 0 Å². The van der Waals surface area contributed by atoms with E-state index in [4.69, 9.17) is 9.47 Å². The zero-order valence-corrected chi connectivity index (χ0v) is 18.7. The molecule has 170 valence electrons. The van der Waals surface area contributed by atoms with Crippen LogP contribution in [0.15, 0.2) is 97.2 Å². The molecule has 0 saturated carbocycles. The second kappa shape index (κ2) is 10.9. The molecule has 34 heavy (non-hydrogen) atoms. The lowest BCUT2D eigenvalue weighted by Crippen LogP contribution is -2.25. The number of carbonyl (C=O) groups is 2. The van der Waals surface area contributed by atoms with Gasteiger partial charge in [-0.15, -0.1) is 0 Å². The van der Waals surface area contributed by atoms with Crippen molar-refractivity contribution < 1.29 is 19.1 Å². The number of rotatable bonds is 8.